The zero-order valence-electron chi connectivity index (χ0n) is 14.0. The molecule has 130 valence electrons. The van der Waals surface area contributed by atoms with Crippen molar-refractivity contribution in [2.45, 2.75) is 57.2 Å². The van der Waals surface area contributed by atoms with Crippen LogP contribution in [0.1, 0.15) is 44.9 Å². The van der Waals surface area contributed by atoms with Gasteiger partial charge in [0.15, 0.2) is 0 Å². The van der Waals surface area contributed by atoms with E-state index in [2.05, 4.69) is 0 Å². The lowest BCUT2D eigenvalue weighted by Crippen LogP contribution is -2.47. The molecule has 6 nitrogen and oxygen atoms in total. The standard InChI is InChI=1S/C17H28N2O4/c1-22-14-5-4-6-15(14)23-16(20)13-7-11-19(12-8-13)17(21)18-9-2-3-10-18/h13-15H,2-12H2,1H3/t14-,15-/m0/s1. The fraction of sp³-hybridized carbons (Fsp3) is 0.882. The molecule has 2 aliphatic heterocycles. The topological polar surface area (TPSA) is 59.1 Å². The Morgan fingerprint density at radius 3 is 2.09 bits per heavy atom. The number of piperidine rings is 1. The van der Waals surface area contributed by atoms with Crippen molar-refractivity contribution in [3.05, 3.63) is 0 Å². The number of hydrogen-bond acceptors (Lipinski definition) is 4. The van der Waals surface area contributed by atoms with Gasteiger partial charge >= 0.3 is 12.0 Å². The number of ether oxygens (including phenoxy) is 2. The van der Waals surface area contributed by atoms with Crippen molar-refractivity contribution >= 4 is 12.0 Å². The predicted octanol–water partition coefficient (Wildman–Crippen LogP) is 2.02. The number of nitrogens with zero attached hydrogens (tertiary/aromatic N) is 2. The molecule has 0 unspecified atom stereocenters. The number of rotatable bonds is 3. The highest BCUT2D eigenvalue weighted by molar-refractivity contribution is 5.76. The van der Waals surface area contributed by atoms with Crippen LogP contribution in [-0.4, -0.2) is 67.3 Å². The molecule has 3 aliphatic rings. The number of likely N-dealkylation sites (tertiary alicyclic amines) is 2. The van der Waals surface area contributed by atoms with E-state index < -0.39 is 0 Å². The Morgan fingerprint density at radius 1 is 0.826 bits per heavy atom. The van der Waals surface area contributed by atoms with E-state index >= 15 is 0 Å². The molecular weight excluding hydrogens is 296 g/mol. The van der Waals surface area contributed by atoms with E-state index in [0.717, 1.165) is 45.2 Å². The lowest BCUT2D eigenvalue weighted by Gasteiger charge is -2.34. The summed E-state index contributed by atoms with van der Waals surface area (Å²) >= 11 is 0. The molecule has 0 radical (unpaired) electrons. The quantitative estimate of drug-likeness (QED) is 0.745. The Balaban J connectivity index is 1.44. The summed E-state index contributed by atoms with van der Waals surface area (Å²) in [6, 6.07) is 0.143. The summed E-state index contributed by atoms with van der Waals surface area (Å²) in [5.41, 5.74) is 0. The maximum absolute atomic E-state index is 12.4. The van der Waals surface area contributed by atoms with Crippen molar-refractivity contribution in [2.24, 2.45) is 5.92 Å². The number of carbonyl (C=O) groups is 2. The molecule has 2 saturated heterocycles. The maximum Gasteiger partial charge on any atom is 0.319 e. The average molecular weight is 324 g/mol. The summed E-state index contributed by atoms with van der Waals surface area (Å²) in [5, 5.41) is 0. The SMILES string of the molecule is CO[C@H]1CCC[C@@H]1OC(=O)C1CCN(C(=O)N2CCCC2)CC1. The first-order chi connectivity index (χ1) is 11.2. The molecule has 2 atom stereocenters. The summed E-state index contributed by atoms with van der Waals surface area (Å²) in [6.45, 7) is 3.07. The molecule has 0 aromatic heterocycles. The Hall–Kier alpha value is -1.30. The minimum atomic E-state index is -0.104. The number of esters is 1. The lowest BCUT2D eigenvalue weighted by molar-refractivity contribution is -0.160. The Bertz CT molecular complexity index is 428. The van der Waals surface area contributed by atoms with E-state index in [4.69, 9.17) is 9.47 Å². The Morgan fingerprint density at radius 2 is 1.43 bits per heavy atom. The average Bonchev–Trinajstić information content (AvgIpc) is 3.25. The van der Waals surface area contributed by atoms with Crippen LogP contribution in [0.4, 0.5) is 4.79 Å². The van der Waals surface area contributed by atoms with Crippen LogP contribution in [0.3, 0.4) is 0 Å². The van der Waals surface area contributed by atoms with Gasteiger partial charge in [0.1, 0.15) is 6.10 Å². The third-order valence-corrected chi connectivity index (χ3v) is 5.44. The van der Waals surface area contributed by atoms with E-state index in [1.165, 1.54) is 0 Å². The second-order valence-electron chi connectivity index (χ2n) is 6.92. The molecule has 3 rings (SSSR count). The first-order valence-electron chi connectivity index (χ1n) is 8.96. The summed E-state index contributed by atoms with van der Waals surface area (Å²) in [5.74, 6) is -0.178. The number of urea groups is 1. The fourth-order valence-electron chi connectivity index (χ4n) is 3.96. The first kappa shape index (κ1) is 16.6. The van der Waals surface area contributed by atoms with Crippen LogP contribution in [0.5, 0.6) is 0 Å². The summed E-state index contributed by atoms with van der Waals surface area (Å²) < 4.78 is 11.1. The minimum Gasteiger partial charge on any atom is -0.459 e. The second-order valence-corrected chi connectivity index (χ2v) is 6.92. The molecule has 1 saturated carbocycles. The number of hydrogen-bond donors (Lipinski definition) is 0. The first-order valence-corrected chi connectivity index (χ1v) is 8.96. The number of carbonyl (C=O) groups excluding carboxylic acids is 2. The van der Waals surface area contributed by atoms with Crippen LogP contribution >= 0.6 is 0 Å². The Labute approximate surface area is 138 Å². The highest BCUT2D eigenvalue weighted by Crippen LogP contribution is 2.27. The monoisotopic (exact) mass is 324 g/mol. The Kier molecular flexibility index (Phi) is 5.41. The molecule has 0 aromatic carbocycles. The minimum absolute atomic E-state index is 0.0517. The summed E-state index contributed by atoms with van der Waals surface area (Å²) in [6.07, 6.45) is 6.53. The molecule has 23 heavy (non-hydrogen) atoms. The zero-order chi connectivity index (χ0) is 16.2. The van der Waals surface area contributed by atoms with Gasteiger partial charge in [-0.3, -0.25) is 4.79 Å². The highest BCUT2D eigenvalue weighted by Gasteiger charge is 2.35. The molecule has 3 fully saturated rings. The van der Waals surface area contributed by atoms with Crippen LogP contribution in [0.25, 0.3) is 0 Å². The normalized spacial score (nSPS) is 29.1. The van der Waals surface area contributed by atoms with Crippen LogP contribution < -0.4 is 0 Å². The molecular formula is C17H28N2O4. The van der Waals surface area contributed by atoms with E-state index in [1.54, 1.807) is 7.11 Å². The molecule has 0 aromatic rings. The number of methoxy groups -OCH3 is 1. The van der Waals surface area contributed by atoms with Crippen LogP contribution in [-0.2, 0) is 14.3 Å². The molecule has 2 heterocycles. The van der Waals surface area contributed by atoms with Crippen LogP contribution in [0.2, 0.25) is 0 Å². The molecule has 0 N–H and O–H groups in total. The molecule has 0 bridgehead atoms. The van der Waals surface area contributed by atoms with Gasteiger partial charge in [-0.25, -0.2) is 4.79 Å². The van der Waals surface area contributed by atoms with Crippen LogP contribution in [0.15, 0.2) is 0 Å². The number of amides is 2. The van der Waals surface area contributed by atoms with Gasteiger partial charge < -0.3 is 19.3 Å². The zero-order valence-corrected chi connectivity index (χ0v) is 14.0. The largest absolute Gasteiger partial charge is 0.459 e. The second kappa shape index (κ2) is 7.51. The van der Waals surface area contributed by atoms with Crippen molar-refractivity contribution in [1.29, 1.82) is 0 Å². The van der Waals surface area contributed by atoms with Gasteiger partial charge in [-0.15, -0.1) is 0 Å². The third-order valence-electron chi connectivity index (χ3n) is 5.44. The molecule has 2 amide bonds. The van der Waals surface area contributed by atoms with Gasteiger partial charge in [0, 0.05) is 33.3 Å². The molecule has 0 spiro atoms. The van der Waals surface area contributed by atoms with Gasteiger partial charge in [0.05, 0.1) is 12.0 Å². The summed E-state index contributed by atoms with van der Waals surface area (Å²) in [7, 11) is 1.68. The van der Waals surface area contributed by atoms with E-state index in [0.29, 0.717) is 25.9 Å². The maximum atomic E-state index is 12.4. The van der Waals surface area contributed by atoms with E-state index in [9.17, 15) is 9.59 Å². The van der Waals surface area contributed by atoms with Gasteiger partial charge in [-0.05, 0) is 44.9 Å². The smallest absolute Gasteiger partial charge is 0.319 e. The van der Waals surface area contributed by atoms with E-state index in [-0.39, 0.29) is 30.1 Å². The third kappa shape index (κ3) is 3.79. The molecule has 6 heteroatoms. The molecule has 1 aliphatic carbocycles. The van der Waals surface area contributed by atoms with Gasteiger partial charge in [-0.2, -0.15) is 0 Å². The van der Waals surface area contributed by atoms with Gasteiger partial charge in [0.2, 0.25) is 0 Å². The van der Waals surface area contributed by atoms with Crippen molar-refractivity contribution in [3.63, 3.8) is 0 Å². The lowest BCUT2D eigenvalue weighted by atomic mass is 9.97. The van der Waals surface area contributed by atoms with Gasteiger partial charge in [0.25, 0.3) is 0 Å². The van der Waals surface area contributed by atoms with Crippen LogP contribution in [0, 0.1) is 5.92 Å². The fourth-order valence-corrected chi connectivity index (χ4v) is 3.96. The van der Waals surface area contributed by atoms with Crippen molar-refractivity contribution in [1.82, 2.24) is 9.80 Å². The van der Waals surface area contributed by atoms with Crippen molar-refractivity contribution in [2.75, 3.05) is 33.3 Å². The van der Waals surface area contributed by atoms with E-state index in [1.807, 2.05) is 9.80 Å². The van der Waals surface area contributed by atoms with Gasteiger partial charge in [-0.1, -0.05) is 0 Å². The highest BCUT2D eigenvalue weighted by atomic mass is 16.6. The van der Waals surface area contributed by atoms with Crippen molar-refractivity contribution in [3.8, 4) is 0 Å². The van der Waals surface area contributed by atoms with Crippen molar-refractivity contribution < 1.29 is 19.1 Å². The summed E-state index contributed by atoms with van der Waals surface area (Å²) in [4.78, 5) is 28.5. The predicted molar refractivity (Wildman–Crippen MR) is 85.0 cm³/mol.